The largest absolute Gasteiger partial charge is 0.400 e. The van der Waals surface area contributed by atoms with E-state index in [1.807, 2.05) is 25.1 Å². The minimum atomic E-state index is -3.61. The van der Waals surface area contributed by atoms with Gasteiger partial charge in [0.1, 0.15) is 0 Å². The fourth-order valence-corrected chi connectivity index (χ4v) is 36.9. The van der Waals surface area contributed by atoms with Crippen LogP contribution in [0, 0.1) is 175 Å². The van der Waals surface area contributed by atoms with E-state index in [0.29, 0.717) is 80.8 Å². The molecule has 698 valence electrons. The zero-order valence-electron chi connectivity index (χ0n) is 78.3. The lowest BCUT2D eigenvalue weighted by Crippen LogP contribution is -2.56. The Hall–Kier alpha value is -1.11. The van der Waals surface area contributed by atoms with Gasteiger partial charge < -0.3 is 35.7 Å². The van der Waals surface area contributed by atoms with Crippen LogP contribution in [0.5, 0.6) is 0 Å². The van der Waals surface area contributed by atoms with Crippen LogP contribution in [0.1, 0.15) is 437 Å². The molecule has 15 fully saturated rings. The number of fused-ring (bicyclic) bond motifs is 15. The summed E-state index contributed by atoms with van der Waals surface area (Å²) >= 11 is 0. The third-order valence-corrected chi connectivity index (χ3v) is 44.9. The van der Waals surface area contributed by atoms with Crippen LogP contribution in [0.2, 0.25) is 0 Å². The smallest absolute Gasteiger partial charge is 0.181 e. The highest BCUT2D eigenvalue weighted by Gasteiger charge is 2.66. The lowest BCUT2D eigenvalue weighted by atomic mass is 9.43. The van der Waals surface area contributed by atoms with E-state index in [-0.39, 0.29) is 52.2 Å². The van der Waals surface area contributed by atoms with Crippen molar-refractivity contribution in [2.75, 3.05) is 7.11 Å². The summed E-state index contributed by atoms with van der Waals surface area (Å²) in [5, 5.41) is 73.7. The average molecular weight is 1700 g/mol. The minimum absolute atomic E-state index is 0. The van der Waals surface area contributed by atoms with Gasteiger partial charge in [0.05, 0.1) is 43.8 Å². The minimum Gasteiger partial charge on any atom is -0.400 e. The van der Waals surface area contributed by atoms with E-state index < -0.39 is 37.5 Å². The Morgan fingerprint density at radius 1 is 0.325 bits per heavy atom. The first-order chi connectivity index (χ1) is 54.3. The van der Waals surface area contributed by atoms with Crippen molar-refractivity contribution in [2.24, 2.45) is 175 Å². The standard InChI is InChI=1S/C39H62O4S.2C33H58O2.CH4O.4CH4/c1-26(2)28-16-20-39(41,21-17-28)25-35(44(42,43)30-10-8-7-9-11-30)27(3)32-14-15-33-31-13-12-29-24-36(4,40)22-23-37(29,5)34(31)18-19-38(32,33)6;2*1-22(2)24-12-17-33(35,18-13-24)16-11-23(3)27-9-10-28-26-8-7-25-21-30(4,34)19-20-31(25,5)29(26)14-15-32(27,28)6;1-2;;;;/h7-11,26-29,31-35,40-41H,12-25H2,1-6H3;2*22-29,34-35H,7-21H2,1-6H3;2H,1H3;4*1H4/t27-,28?,29-,31-,32+,33-,34-,35?,36-,37-,38+,39?;2*23-,24?,25+,26+,27-,28+,29+,30+,31+,32-,33?;;;;;/m011...../s1. The van der Waals surface area contributed by atoms with Crippen LogP contribution >= 0.6 is 0 Å². The summed E-state index contributed by atoms with van der Waals surface area (Å²) < 4.78 is 29.1. The van der Waals surface area contributed by atoms with Gasteiger partial charge in [-0.05, 0) is 490 Å². The lowest BCUT2D eigenvalue weighted by molar-refractivity contribution is -0.148. The van der Waals surface area contributed by atoms with Crippen LogP contribution < -0.4 is 0 Å². The zero-order valence-corrected chi connectivity index (χ0v) is 79.1. The van der Waals surface area contributed by atoms with Gasteiger partial charge in [-0.3, -0.25) is 0 Å². The molecule has 15 aliphatic rings. The molecule has 120 heavy (non-hydrogen) atoms. The molecule has 9 nitrogen and oxygen atoms in total. The van der Waals surface area contributed by atoms with Gasteiger partial charge in [0.2, 0.25) is 0 Å². The molecule has 0 spiro atoms. The fourth-order valence-electron chi connectivity index (χ4n) is 34.8. The number of aliphatic hydroxyl groups is 7. The molecule has 0 radical (unpaired) electrons. The molecular weight excluding hydrogens is 1500 g/mol. The lowest BCUT2D eigenvalue weighted by Gasteiger charge is -2.62. The van der Waals surface area contributed by atoms with Crippen molar-refractivity contribution >= 4 is 9.84 Å². The highest BCUT2D eigenvalue weighted by Crippen LogP contribution is 2.73. The molecule has 10 heteroatoms. The predicted molar refractivity (Wildman–Crippen MR) is 506 cm³/mol. The molecule has 0 amide bonds. The van der Waals surface area contributed by atoms with Crippen molar-refractivity contribution in [3.05, 3.63) is 30.3 Å². The quantitative estimate of drug-likeness (QED) is 0.0800. The van der Waals surface area contributed by atoms with Crippen molar-refractivity contribution in [2.45, 2.75) is 481 Å². The molecule has 15 saturated carbocycles. The number of hydrogen-bond acceptors (Lipinski definition) is 9. The summed E-state index contributed by atoms with van der Waals surface area (Å²) in [6, 6.07) is 9.10. The maximum Gasteiger partial charge on any atom is 0.181 e. The molecule has 0 bridgehead atoms. The molecule has 0 aliphatic heterocycles. The van der Waals surface area contributed by atoms with E-state index in [1.54, 1.807) is 12.1 Å². The molecule has 1 aromatic carbocycles. The maximum atomic E-state index is 14.5. The fraction of sp³-hybridized carbons (Fsp3) is 0.945. The van der Waals surface area contributed by atoms with E-state index in [9.17, 15) is 39.1 Å². The average Bonchev–Trinajstić information content (AvgIpc) is 1.22. The summed E-state index contributed by atoms with van der Waals surface area (Å²) in [4.78, 5) is 0.416. The van der Waals surface area contributed by atoms with Crippen LogP contribution in [0.15, 0.2) is 35.2 Å². The van der Waals surface area contributed by atoms with Gasteiger partial charge >= 0.3 is 0 Å². The topological polar surface area (TPSA) is 176 Å². The number of hydrogen-bond donors (Lipinski definition) is 7. The summed E-state index contributed by atoms with van der Waals surface area (Å²) in [5.41, 5.74) is -0.593. The van der Waals surface area contributed by atoms with E-state index in [2.05, 4.69) is 118 Å². The Morgan fingerprint density at radius 2 is 0.608 bits per heavy atom. The van der Waals surface area contributed by atoms with E-state index in [1.165, 1.54) is 161 Å². The Morgan fingerprint density at radius 3 is 0.917 bits per heavy atom. The first kappa shape index (κ1) is 103. The van der Waals surface area contributed by atoms with Crippen molar-refractivity contribution in [1.82, 2.24) is 0 Å². The van der Waals surface area contributed by atoms with Crippen LogP contribution in [-0.2, 0) is 9.84 Å². The highest BCUT2D eigenvalue weighted by atomic mass is 32.2. The molecule has 16 rings (SSSR count). The third-order valence-electron chi connectivity index (χ3n) is 42.6. The summed E-state index contributed by atoms with van der Waals surface area (Å²) in [6.45, 7) is 43.2. The first-order valence-corrected chi connectivity index (χ1v) is 52.0. The summed E-state index contributed by atoms with van der Waals surface area (Å²) in [6.07, 6.45) is 51.1. The SMILES string of the molecule is C.C.C.C.CC(C)C1CCC(O)(CC([C@@H](C)[C@H]2CC[C@H]3[C@@H]4CC[C@H]5C[C@@](C)(O)CC[C@]5(C)[C@H]4CC[C@]23C)S(=O)(=O)c2ccccc2)CC1.CC(C)C1CCC(O)(CC[C@@H](C)[C@H]2CC[C@H]3[C@@H]4CC[C@H]5C[C@@](C)(O)CC[C@]5(C)[C@H]4CC[C@]23C)CC1.CC(C)C1CCC(O)(CC[C@@H](C)[C@H]2CC[C@H]3[C@@H]4CC[C@H]5C[C@@](C)(O)CC[C@]5(C)[C@H]4CC[C@]23C)CC1.CO. The van der Waals surface area contributed by atoms with E-state index >= 15 is 0 Å². The zero-order chi connectivity index (χ0) is 84.2. The Kier molecular flexibility index (Phi) is 33.1. The Balaban J connectivity index is 0.000000201. The first-order valence-electron chi connectivity index (χ1n) is 50.4. The van der Waals surface area contributed by atoms with Crippen molar-refractivity contribution in [3.8, 4) is 0 Å². The highest BCUT2D eigenvalue weighted by molar-refractivity contribution is 7.92. The number of sulfone groups is 1. The van der Waals surface area contributed by atoms with Crippen LogP contribution in [0.3, 0.4) is 0 Å². The molecule has 28 atom stereocenters. The summed E-state index contributed by atoms with van der Waals surface area (Å²) in [5.74, 6) is 17.6. The molecule has 1 aromatic rings. The van der Waals surface area contributed by atoms with Crippen molar-refractivity contribution in [1.29, 1.82) is 0 Å². The summed E-state index contributed by atoms with van der Waals surface area (Å²) in [7, 11) is -2.61. The maximum absolute atomic E-state index is 14.5. The Bertz CT molecular complexity index is 3340. The number of benzene rings is 1. The Labute approximate surface area is 742 Å². The van der Waals surface area contributed by atoms with Gasteiger partial charge in [-0.1, -0.05) is 152 Å². The molecule has 1 unspecified atom stereocenters. The molecule has 0 aromatic heterocycles. The predicted octanol–water partition coefficient (Wildman–Crippen LogP) is 27.8. The second-order valence-electron chi connectivity index (χ2n) is 49.7. The van der Waals surface area contributed by atoms with Gasteiger partial charge in [0, 0.05) is 7.11 Å². The number of rotatable bonds is 17. The normalized spacial score (nSPS) is 47.7. The molecule has 0 heterocycles. The van der Waals surface area contributed by atoms with Crippen LogP contribution in [-0.4, -0.2) is 90.1 Å². The van der Waals surface area contributed by atoms with Gasteiger partial charge in [-0.2, -0.15) is 0 Å². The van der Waals surface area contributed by atoms with Crippen LogP contribution in [0.25, 0.3) is 0 Å². The van der Waals surface area contributed by atoms with Crippen molar-refractivity contribution < 1.29 is 44.2 Å². The van der Waals surface area contributed by atoms with Crippen LogP contribution in [0.4, 0.5) is 0 Å². The second-order valence-corrected chi connectivity index (χ2v) is 51.8. The molecule has 15 aliphatic carbocycles. The second kappa shape index (κ2) is 38.7. The molecular formula is C110H198O9S. The third kappa shape index (κ3) is 20.0. The molecule has 7 N–H and O–H groups in total. The van der Waals surface area contributed by atoms with Gasteiger partial charge in [0.15, 0.2) is 9.84 Å². The van der Waals surface area contributed by atoms with E-state index in [0.717, 1.165) is 216 Å². The van der Waals surface area contributed by atoms with Gasteiger partial charge in [-0.25, -0.2) is 8.42 Å². The van der Waals surface area contributed by atoms with Gasteiger partial charge in [-0.15, -0.1) is 0 Å². The van der Waals surface area contributed by atoms with Gasteiger partial charge in [0.25, 0.3) is 0 Å². The van der Waals surface area contributed by atoms with Crippen molar-refractivity contribution in [3.63, 3.8) is 0 Å². The monoisotopic (exact) mass is 1700 g/mol. The number of aliphatic hydroxyl groups excluding tert-OH is 1. The molecule has 0 saturated heterocycles. The van der Waals surface area contributed by atoms with E-state index in [4.69, 9.17) is 5.11 Å².